The zero-order valence-electron chi connectivity index (χ0n) is 14.6. The summed E-state index contributed by atoms with van der Waals surface area (Å²) in [5.74, 6) is -3.28. The molecule has 0 aromatic heterocycles. The molecule has 4 atom stereocenters. The Morgan fingerprint density at radius 1 is 1.08 bits per heavy atom. The average Bonchev–Trinajstić information content (AvgIpc) is 2.59. The molecule has 134 valence electrons. The molecule has 1 aromatic rings. The number of carboxylic acid groups (broad SMARTS) is 1. The number of methoxy groups -OCH3 is 1. The number of carboxylic acids is 1. The topological polar surface area (TPSA) is 82.1 Å². The minimum absolute atomic E-state index is 0.101. The molecule has 1 aromatic carbocycles. The molecular weight excluding hydrogens is 312 g/mol. The molecule has 1 N–H and O–H groups in total. The smallest absolute Gasteiger partial charge is 0.309 e. The second kappa shape index (κ2) is 10.1. The van der Waals surface area contributed by atoms with Gasteiger partial charge in [0.15, 0.2) is 6.29 Å². The van der Waals surface area contributed by atoms with E-state index in [9.17, 15) is 14.7 Å². The van der Waals surface area contributed by atoms with Crippen LogP contribution >= 0.6 is 0 Å². The zero-order valence-corrected chi connectivity index (χ0v) is 14.6. The Bertz CT molecular complexity index is 516. The summed E-state index contributed by atoms with van der Waals surface area (Å²) in [5, 5.41) is 9.27. The van der Waals surface area contributed by atoms with Gasteiger partial charge in [-0.25, -0.2) is 0 Å². The summed E-state index contributed by atoms with van der Waals surface area (Å²) in [6, 6.07) is 9.33. The summed E-state index contributed by atoms with van der Waals surface area (Å²) in [7, 11) is 1.50. The van der Waals surface area contributed by atoms with Crippen LogP contribution in [0.4, 0.5) is 0 Å². The Balaban J connectivity index is 2.68. The van der Waals surface area contributed by atoms with Crippen LogP contribution in [0.2, 0.25) is 0 Å². The number of carbonyl (C=O) groups is 2. The number of carbonyl (C=O) groups excluding carboxylic acids is 1. The lowest BCUT2D eigenvalue weighted by Crippen LogP contribution is -2.35. The van der Waals surface area contributed by atoms with Crippen molar-refractivity contribution in [2.45, 2.75) is 33.7 Å². The fourth-order valence-corrected chi connectivity index (χ4v) is 2.25. The first-order valence-corrected chi connectivity index (χ1v) is 7.94. The van der Waals surface area contributed by atoms with Gasteiger partial charge in [-0.1, -0.05) is 44.2 Å². The molecule has 0 aliphatic carbocycles. The van der Waals surface area contributed by atoms with E-state index in [0.29, 0.717) is 0 Å². The highest BCUT2D eigenvalue weighted by Crippen LogP contribution is 2.24. The number of rotatable bonds is 10. The van der Waals surface area contributed by atoms with E-state index in [-0.39, 0.29) is 13.2 Å². The first-order valence-electron chi connectivity index (χ1n) is 7.94. The van der Waals surface area contributed by atoms with E-state index < -0.39 is 36.0 Å². The van der Waals surface area contributed by atoms with Gasteiger partial charge in [0, 0.05) is 13.0 Å². The van der Waals surface area contributed by atoms with Gasteiger partial charge in [-0.2, -0.15) is 0 Å². The highest BCUT2D eigenvalue weighted by Gasteiger charge is 2.34. The lowest BCUT2D eigenvalue weighted by molar-refractivity contribution is -0.163. The average molecular weight is 338 g/mol. The van der Waals surface area contributed by atoms with Crippen LogP contribution in [0, 0.1) is 17.8 Å². The molecule has 0 amide bonds. The quantitative estimate of drug-likeness (QED) is 0.522. The van der Waals surface area contributed by atoms with Crippen molar-refractivity contribution in [1.29, 1.82) is 0 Å². The van der Waals surface area contributed by atoms with Crippen LogP contribution in [0.3, 0.4) is 0 Å². The molecule has 0 saturated carbocycles. The van der Waals surface area contributed by atoms with Crippen LogP contribution < -0.4 is 0 Å². The van der Waals surface area contributed by atoms with Crippen molar-refractivity contribution in [3.05, 3.63) is 35.9 Å². The van der Waals surface area contributed by atoms with Crippen molar-refractivity contribution in [3.63, 3.8) is 0 Å². The standard InChI is InChI=1S/C18H26O6/c1-12(17(19)20)16(11-23-14(3)22-4)13(2)18(21)24-10-15-8-6-5-7-9-15/h5-9,12-14,16H,10-11H2,1-4H3,(H,19,20). The molecule has 0 bridgehead atoms. The van der Waals surface area contributed by atoms with Crippen molar-refractivity contribution >= 4 is 11.9 Å². The largest absolute Gasteiger partial charge is 0.481 e. The van der Waals surface area contributed by atoms with Crippen molar-refractivity contribution in [1.82, 2.24) is 0 Å². The van der Waals surface area contributed by atoms with Crippen molar-refractivity contribution in [2.75, 3.05) is 13.7 Å². The predicted molar refractivity (Wildman–Crippen MR) is 88.1 cm³/mol. The van der Waals surface area contributed by atoms with Gasteiger partial charge in [0.25, 0.3) is 0 Å². The maximum Gasteiger partial charge on any atom is 0.309 e. The second-order valence-electron chi connectivity index (χ2n) is 5.81. The summed E-state index contributed by atoms with van der Waals surface area (Å²) < 4.78 is 15.8. The maximum absolute atomic E-state index is 12.3. The lowest BCUT2D eigenvalue weighted by atomic mass is 9.84. The van der Waals surface area contributed by atoms with Gasteiger partial charge in [0.05, 0.1) is 18.4 Å². The van der Waals surface area contributed by atoms with Crippen LogP contribution in [0.15, 0.2) is 30.3 Å². The van der Waals surface area contributed by atoms with E-state index in [0.717, 1.165) is 5.56 Å². The Hall–Kier alpha value is -1.92. The molecule has 0 aliphatic heterocycles. The molecule has 6 nitrogen and oxygen atoms in total. The van der Waals surface area contributed by atoms with Crippen molar-refractivity contribution in [2.24, 2.45) is 17.8 Å². The molecule has 24 heavy (non-hydrogen) atoms. The normalized spacial score (nSPS) is 16.0. The Labute approximate surface area is 142 Å². The van der Waals surface area contributed by atoms with Gasteiger partial charge >= 0.3 is 11.9 Å². The van der Waals surface area contributed by atoms with E-state index in [1.165, 1.54) is 7.11 Å². The first-order chi connectivity index (χ1) is 11.4. The number of benzene rings is 1. The highest BCUT2D eigenvalue weighted by molar-refractivity contribution is 5.75. The molecule has 0 radical (unpaired) electrons. The number of hydrogen-bond acceptors (Lipinski definition) is 5. The zero-order chi connectivity index (χ0) is 18.1. The first kappa shape index (κ1) is 20.1. The molecule has 4 unspecified atom stereocenters. The van der Waals surface area contributed by atoms with Gasteiger partial charge < -0.3 is 19.3 Å². The number of aliphatic carboxylic acids is 1. The Morgan fingerprint density at radius 2 is 1.71 bits per heavy atom. The van der Waals surface area contributed by atoms with Crippen LogP contribution in [-0.4, -0.2) is 37.1 Å². The lowest BCUT2D eigenvalue weighted by Gasteiger charge is -2.27. The van der Waals surface area contributed by atoms with Crippen molar-refractivity contribution < 1.29 is 28.9 Å². The summed E-state index contributed by atoms with van der Waals surface area (Å²) in [6.07, 6.45) is -0.471. The van der Waals surface area contributed by atoms with Gasteiger partial charge in [-0.15, -0.1) is 0 Å². The number of ether oxygens (including phenoxy) is 3. The van der Waals surface area contributed by atoms with E-state index in [1.807, 2.05) is 30.3 Å². The summed E-state index contributed by atoms with van der Waals surface area (Å²) in [6.45, 7) is 5.20. The van der Waals surface area contributed by atoms with E-state index in [2.05, 4.69) is 0 Å². The van der Waals surface area contributed by atoms with E-state index in [4.69, 9.17) is 14.2 Å². The maximum atomic E-state index is 12.3. The monoisotopic (exact) mass is 338 g/mol. The summed E-state index contributed by atoms with van der Waals surface area (Å²) in [5.41, 5.74) is 0.880. The van der Waals surface area contributed by atoms with Gasteiger partial charge in [-0.05, 0) is 12.5 Å². The van der Waals surface area contributed by atoms with E-state index >= 15 is 0 Å². The SMILES string of the molecule is COC(C)OCC(C(C)C(=O)O)C(C)C(=O)OCc1ccccc1. The van der Waals surface area contributed by atoms with Gasteiger partial charge in [-0.3, -0.25) is 9.59 Å². The highest BCUT2D eigenvalue weighted by atomic mass is 16.7. The molecule has 0 saturated heterocycles. The number of hydrogen-bond donors (Lipinski definition) is 1. The third kappa shape index (κ3) is 6.29. The Morgan fingerprint density at radius 3 is 2.25 bits per heavy atom. The number of esters is 1. The Kier molecular flexibility index (Phi) is 8.43. The third-order valence-electron chi connectivity index (χ3n) is 4.12. The molecule has 0 heterocycles. The fraction of sp³-hybridized carbons (Fsp3) is 0.556. The van der Waals surface area contributed by atoms with Gasteiger partial charge in [0.2, 0.25) is 0 Å². The summed E-state index contributed by atoms with van der Waals surface area (Å²) in [4.78, 5) is 23.6. The minimum atomic E-state index is -0.976. The molecule has 0 spiro atoms. The molecule has 0 fully saturated rings. The molecular formula is C18H26O6. The second-order valence-corrected chi connectivity index (χ2v) is 5.81. The fourth-order valence-electron chi connectivity index (χ4n) is 2.25. The van der Waals surface area contributed by atoms with Gasteiger partial charge in [0.1, 0.15) is 6.61 Å². The molecule has 1 rings (SSSR count). The molecule has 0 aliphatic rings. The third-order valence-corrected chi connectivity index (χ3v) is 4.12. The summed E-state index contributed by atoms with van der Waals surface area (Å²) >= 11 is 0. The molecule has 6 heteroatoms. The minimum Gasteiger partial charge on any atom is -0.481 e. The van der Waals surface area contributed by atoms with Crippen LogP contribution in [0.25, 0.3) is 0 Å². The van der Waals surface area contributed by atoms with Crippen LogP contribution in [0.5, 0.6) is 0 Å². The van der Waals surface area contributed by atoms with Crippen LogP contribution in [0.1, 0.15) is 26.3 Å². The van der Waals surface area contributed by atoms with Crippen LogP contribution in [-0.2, 0) is 30.4 Å². The van der Waals surface area contributed by atoms with E-state index in [1.54, 1.807) is 20.8 Å². The van der Waals surface area contributed by atoms with Crippen molar-refractivity contribution in [3.8, 4) is 0 Å². The predicted octanol–water partition coefficient (Wildman–Crippen LogP) is 2.71.